The number of carbonyl (C=O) groups is 1. The zero-order valence-corrected chi connectivity index (χ0v) is 33.5. The highest BCUT2D eigenvalue weighted by Gasteiger charge is 2.18. The number of hydrogen-bond acceptors (Lipinski definition) is 17. The number of anilines is 1. The van der Waals surface area contributed by atoms with Gasteiger partial charge in [-0.1, -0.05) is 5.21 Å². The summed E-state index contributed by atoms with van der Waals surface area (Å²) in [5, 5.41) is 26.1. The minimum absolute atomic E-state index is 0.0600. The molecule has 0 saturated carbocycles. The first kappa shape index (κ1) is 45.4. The molecule has 0 spiro atoms. The van der Waals surface area contributed by atoms with Crippen LogP contribution in [-0.4, -0.2) is 168 Å². The number of pyridine rings is 1. The van der Waals surface area contributed by atoms with Crippen LogP contribution in [0.2, 0.25) is 0 Å². The number of aromatic nitrogens is 9. The lowest BCUT2D eigenvalue weighted by molar-refractivity contribution is -0.122. The first-order chi connectivity index (χ1) is 29.1. The third kappa shape index (κ3) is 16.5. The van der Waals surface area contributed by atoms with Gasteiger partial charge < -0.3 is 59.0 Å². The number of hydrogen-bond donors (Lipinski definition) is 4. The molecule has 1 amide bonds. The summed E-state index contributed by atoms with van der Waals surface area (Å²) in [4.78, 5) is 28.5. The van der Waals surface area contributed by atoms with Crippen LogP contribution in [0, 0.1) is 0 Å². The van der Waals surface area contributed by atoms with Gasteiger partial charge in [-0.15, -0.1) is 5.10 Å². The number of rotatable bonds is 34. The van der Waals surface area contributed by atoms with E-state index in [-0.39, 0.29) is 18.9 Å². The quantitative estimate of drug-likeness (QED) is 0.0425. The third-order valence-corrected chi connectivity index (χ3v) is 8.64. The largest absolute Gasteiger partial charge is 0.390 e. The number of unbranched alkanes of at least 4 members (excludes halogenated alkanes) is 1. The third-order valence-electron chi connectivity index (χ3n) is 8.64. The molecule has 21 heteroatoms. The zero-order chi connectivity index (χ0) is 41.2. The smallest absolute Gasteiger partial charge is 0.222 e. The lowest BCUT2D eigenvalue weighted by Crippen LogP contribution is -2.26. The summed E-state index contributed by atoms with van der Waals surface area (Å²) >= 11 is 0. The van der Waals surface area contributed by atoms with E-state index in [9.17, 15) is 4.79 Å². The summed E-state index contributed by atoms with van der Waals surface area (Å²) in [5.74, 6) is 0.307. The molecule has 0 fully saturated rings. The van der Waals surface area contributed by atoms with Gasteiger partial charge in [-0.05, 0) is 25.0 Å². The van der Waals surface area contributed by atoms with E-state index in [4.69, 9.17) is 53.8 Å². The second-order valence-electron chi connectivity index (χ2n) is 13.0. The molecule has 5 aromatic rings. The highest BCUT2D eigenvalue weighted by atomic mass is 16.6. The van der Waals surface area contributed by atoms with Crippen molar-refractivity contribution in [2.45, 2.75) is 39.0 Å². The number of aromatic amines is 1. The Morgan fingerprint density at radius 2 is 1.37 bits per heavy atom. The highest BCUT2D eigenvalue weighted by molar-refractivity contribution is 5.99. The van der Waals surface area contributed by atoms with Crippen LogP contribution in [0.1, 0.15) is 25.0 Å². The van der Waals surface area contributed by atoms with E-state index < -0.39 is 0 Å². The number of nitrogens with one attached hydrogen (secondary N) is 2. The number of carbonyl (C=O) groups excluding carboxylic acids is 1. The number of aryl methyl sites for hydroxylation is 1. The Balaban J connectivity index is 0.741. The van der Waals surface area contributed by atoms with E-state index in [1.807, 2.05) is 23.0 Å². The van der Waals surface area contributed by atoms with Gasteiger partial charge in [0.1, 0.15) is 29.2 Å². The molecular weight excluding hydrogens is 770 g/mol. The summed E-state index contributed by atoms with van der Waals surface area (Å²) in [6.07, 6.45) is 8.57. The maximum Gasteiger partial charge on any atom is 0.222 e. The van der Waals surface area contributed by atoms with Crippen molar-refractivity contribution in [3.8, 4) is 11.3 Å². The van der Waals surface area contributed by atoms with Crippen LogP contribution in [0.5, 0.6) is 0 Å². The maximum atomic E-state index is 12.3. The molecule has 5 aromatic heterocycles. The van der Waals surface area contributed by atoms with Gasteiger partial charge in [-0.3, -0.25) is 4.79 Å². The standard InChI is InChI=1S/C38H57N11O10/c39-36-34-35(31-25-30-3-6-41-37(30)42-26-31)46-49(38(34)44-29-43-36)7-2-1-5-40-33(51)4-9-52-11-13-54-15-17-56-19-21-58-23-24-59-22-20-57-18-16-55-14-12-53-10-8-48-27-32(28-50)45-47-48/h3,6,25-27,29,50H,1-2,4-5,7-24,28H2,(H,40,51)(H,41,42)(H2,39,43,44). The van der Waals surface area contributed by atoms with Crippen molar-refractivity contribution in [2.75, 3.05) is 118 Å². The lowest BCUT2D eigenvalue weighted by atomic mass is 10.1. The van der Waals surface area contributed by atoms with Crippen molar-refractivity contribution < 1.29 is 47.8 Å². The number of nitrogens with two attached hydrogens (primary N) is 1. The lowest BCUT2D eigenvalue weighted by Gasteiger charge is -2.09. The summed E-state index contributed by atoms with van der Waals surface area (Å²) in [7, 11) is 0. The zero-order valence-electron chi connectivity index (χ0n) is 33.5. The second-order valence-corrected chi connectivity index (χ2v) is 13.0. The van der Waals surface area contributed by atoms with Crippen LogP contribution >= 0.6 is 0 Å². The SMILES string of the molecule is Nc1ncnc2c1c(-c1cnc3[nH]ccc3c1)nn2CCCCNC(=O)CCOCCOCCOCCOCCOCCOCCOCCOCCn1cc(CO)nn1. The number of aliphatic hydroxyl groups excluding tert-OH is 1. The topological polar surface area (TPSA) is 252 Å². The monoisotopic (exact) mass is 827 g/mol. The van der Waals surface area contributed by atoms with Crippen LogP contribution in [-0.2, 0) is 62.4 Å². The van der Waals surface area contributed by atoms with E-state index in [1.54, 1.807) is 17.1 Å². The first-order valence-electron chi connectivity index (χ1n) is 19.9. The fraction of sp³-hybridized carbons (Fsp3) is 0.605. The van der Waals surface area contributed by atoms with Crippen LogP contribution in [0.15, 0.2) is 37.1 Å². The number of H-pyrrole nitrogens is 1. The molecule has 5 rings (SSSR count). The van der Waals surface area contributed by atoms with Crippen molar-refractivity contribution in [2.24, 2.45) is 0 Å². The normalized spacial score (nSPS) is 11.7. The molecule has 0 aromatic carbocycles. The van der Waals surface area contributed by atoms with Crippen LogP contribution in [0.4, 0.5) is 5.82 Å². The average molecular weight is 828 g/mol. The minimum Gasteiger partial charge on any atom is -0.390 e. The molecule has 0 saturated heterocycles. The van der Waals surface area contributed by atoms with Gasteiger partial charge in [0.15, 0.2) is 5.65 Å². The van der Waals surface area contributed by atoms with E-state index in [0.717, 1.165) is 29.4 Å². The minimum atomic E-state index is -0.125. The number of amides is 1. The van der Waals surface area contributed by atoms with Gasteiger partial charge in [0.2, 0.25) is 5.91 Å². The molecule has 0 unspecified atom stereocenters. The van der Waals surface area contributed by atoms with E-state index in [2.05, 4.69) is 35.6 Å². The number of nitrogens with zero attached hydrogens (tertiary/aromatic N) is 8. The Morgan fingerprint density at radius 3 is 1.98 bits per heavy atom. The fourth-order valence-corrected chi connectivity index (χ4v) is 5.65. The van der Waals surface area contributed by atoms with Crippen molar-refractivity contribution in [1.82, 2.24) is 50.0 Å². The van der Waals surface area contributed by atoms with Crippen molar-refractivity contribution in [3.63, 3.8) is 0 Å². The molecular formula is C38H57N11O10. The number of fused-ring (bicyclic) bond motifs is 2. The Labute approximate surface area is 342 Å². The van der Waals surface area contributed by atoms with Gasteiger partial charge >= 0.3 is 0 Å². The number of ether oxygens (including phenoxy) is 8. The Bertz CT molecular complexity index is 1910. The van der Waals surface area contributed by atoms with Gasteiger partial charge in [-0.25, -0.2) is 24.3 Å². The number of nitrogen functional groups attached to an aromatic ring is 1. The highest BCUT2D eigenvalue weighted by Crippen LogP contribution is 2.31. The van der Waals surface area contributed by atoms with Crippen molar-refractivity contribution >= 4 is 33.8 Å². The Hall–Kier alpha value is -4.71. The molecule has 0 aliphatic rings. The predicted octanol–water partition coefficient (Wildman–Crippen LogP) is 1.16. The van der Waals surface area contributed by atoms with Gasteiger partial charge in [0.25, 0.3) is 0 Å². The molecule has 0 aliphatic carbocycles. The maximum absolute atomic E-state index is 12.3. The molecule has 21 nitrogen and oxygen atoms in total. The molecule has 59 heavy (non-hydrogen) atoms. The van der Waals surface area contributed by atoms with Gasteiger partial charge in [-0.2, -0.15) is 5.10 Å². The molecule has 5 N–H and O–H groups in total. The summed E-state index contributed by atoms with van der Waals surface area (Å²) in [6, 6.07) is 3.97. The van der Waals surface area contributed by atoms with E-state index >= 15 is 0 Å². The Morgan fingerprint density at radius 1 is 0.763 bits per heavy atom. The van der Waals surface area contributed by atoms with E-state index in [1.165, 1.54) is 6.33 Å². The summed E-state index contributed by atoms with van der Waals surface area (Å²) < 4.78 is 47.5. The molecule has 0 atom stereocenters. The van der Waals surface area contributed by atoms with E-state index in [0.29, 0.717) is 154 Å². The van der Waals surface area contributed by atoms with Crippen LogP contribution < -0.4 is 11.1 Å². The number of aliphatic hydroxyl groups is 1. The molecule has 324 valence electrons. The molecule has 5 heterocycles. The van der Waals surface area contributed by atoms with Gasteiger partial charge in [0, 0.05) is 42.9 Å². The van der Waals surface area contributed by atoms with Crippen LogP contribution in [0.25, 0.3) is 33.3 Å². The average Bonchev–Trinajstić information content (AvgIpc) is 4.01. The Kier molecular flexibility index (Phi) is 20.9. The fourth-order valence-electron chi connectivity index (χ4n) is 5.65. The summed E-state index contributed by atoms with van der Waals surface area (Å²) in [5.41, 5.74) is 9.77. The summed E-state index contributed by atoms with van der Waals surface area (Å²) in [6.45, 7) is 8.87. The molecule has 0 radical (unpaired) electrons. The molecule has 0 bridgehead atoms. The van der Waals surface area contributed by atoms with Crippen molar-refractivity contribution in [1.29, 1.82) is 0 Å². The van der Waals surface area contributed by atoms with Crippen molar-refractivity contribution in [3.05, 3.63) is 42.7 Å². The van der Waals surface area contributed by atoms with Gasteiger partial charge in [0.05, 0.1) is 130 Å². The molecule has 0 aliphatic heterocycles. The second kappa shape index (κ2) is 27.1. The predicted molar refractivity (Wildman–Crippen MR) is 214 cm³/mol. The first-order valence-corrected chi connectivity index (χ1v) is 19.9. The van der Waals surface area contributed by atoms with Crippen LogP contribution in [0.3, 0.4) is 0 Å².